The minimum atomic E-state index is 0.663. The van der Waals surface area contributed by atoms with Crippen LogP contribution in [-0.2, 0) is 0 Å². The van der Waals surface area contributed by atoms with Gasteiger partial charge < -0.3 is 0 Å². The van der Waals surface area contributed by atoms with Gasteiger partial charge in [0.15, 0.2) is 17.5 Å². The van der Waals surface area contributed by atoms with Gasteiger partial charge in [0.05, 0.1) is 0 Å². The van der Waals surface area contributed by atoms with Crippen LogP contribution in [-0.4, -0.2) is 15.0 Å². The third kappa shape index (κ3) is 4.21. The largest absolute Gasteiger partial charge is 0.208 e. The SMILES string of the molecule is c1ccc(-c2nc(-c3ccccc3)nc(-c3ccc4ccc(-c5ccc6ccccc6c5)cc4c3)n2)cc1. The Labute approximate surface area is 221 Å². The lowest BCUT2D eigenvalue weighted by molar-refractivity contribution is 1.07. The van der Waals surface area contributed by atoms with E-state index in [1.807, 2.05) is 60.7 Å². The van der Waals surface area contributed by atoms with Crippen LogP contribution in [0.4, 0.5) is 0 Å². The van der Waals surface area contributed by atoms with Crippen molar-refractivity contribution in [3.8, 4) is 45.3 Å². The Morgan fingerprint density at radius 3 is 1.24 bits per heavy atom. The smallest absolute Gasteiger partial charge is 0.164 e. The van der Waals surface area contributed by atoms with Crippen molar-refractivity contribution >= 4 is 21.5 Å². The van der Waals surface area contributed by atoms with Gasteiger partial charge in [0.2, 0.25) is 0 Å². The van der Waals surface area contributed by atoms with Crippen LogP contribution in [0.25, 0.3) is 66.8 Å². The molecule has 0 atom stereocenters. The molecule has 1 heterocycles. The number of benzene rings is 6. The van der Waals surface area contributed by atoms with Crippen molar-refractivity contribution in [1.29, 1.82) is 0 Å². The number of rotatable bonds is 4. The summed E-state index contributed by atoms with van der Waals surface area (Å²) in [6, 6.07) is 48.3. The average Bonchev–Trinajstić information content (AvgIpc) is 3.01. The van der Waals surface area contributed by atoms with Crippen LogP contribution in [0.1, 0.15) is 0 Å². The molecule has 0 saturated carbocycles. The summed E-state index contributed by atoms with van der Waals surface area (Å²) in [4.78, 5) is 14.6. The molecule has 0 spiro atoms. The van der Waals surface area contributed by atoms with Gasteiger partial charge in [-0.1, -0.05) is 121 Å². The Balaban J connectivity index is 1.35. The molecule has 0 amide bonds. The van der Waals surface area contributed by atoms with Crippen LogP contribution in [0.15, 0.2) is 140 Å². The van der Waals surface area contributed by atoms with E-state index in [0.29, 0.717) is 17.5 Å². The quantitative estimate of drug-likeness (QED) is 0.250. The summed E-state index contributed by atoms with van der Waals surface area (Å²) in [7, 11) is 0. The number of hydrogen-bond donors (Lipinski definition) is 0. The van der Waals surface area contributed by atoms with E-state index in [0.717, 1.165) is 22.1 Å². The highest BCUT2D eigenvalue weighted by Crippen LogP contribution is 2.31. The second-order valence-electron chi connectivity index (χ2n) is 9.38. The lowest BCUT2D eigenvalue weighted by atomic mass is 9.98. The fourth-order valence-corrected chi connectivity index (χ4v) is 4.87. The van der Waals surface area contributed by atoms with E-state index in [4.69, 9.17) is 15.0 Å². The maximum absolute atomic E-state index is 4.90. The Kier molecular flexibility index (Phi) is 5.45. The van der Waals surface area contributed by atoms with Gasteiger partial charge in [-0.05, 0) is 50.9 Å². The Morgan fingerprint density at radius 2 is 0.658 bits per heavy atom. The average molecular weight is 486 g/mol. The molecule has 0 aliphatic heterocycles. The minimum absolute atomic E-state index is 0.663. The molecular formula is C35H23N3. The zero-order valence-electron chi connectivity index (χ0n) is 20.6. The van der Waals surface area contributed by atoms with Crippen molar-refractivity contribution in [2.75, 3.05) is 0 Å². The van der Waals surface area contributed by atoms with Gasteiger partial charge in [-0.25, -0.2) is 15.0 Å². The zero-order valence-corrected chi connectivity index (χ0v) is 20.6. The lowest BCUT2D eigenvalue weighted by Crippen LogP contribution is -2.00. The zero-order chi connectivity index (χ0) is 25.3. The summed E-state index contributed by atoms with van der Waals surface area (Å²) in [6.45, 7) is 0. The Hall–Kier alpha value is -5.15. The molecule has 0 bridgehead atoms. The van der Waals surface area contributed by atoms with Crippen molar-refractivity contribution in [3.63, 3.8) is 0 Å². The maximum Gasteiger partial charge on any atom is 0.164 e. The second-order valence-corrected chi connectivity index (χ2v) is 9.38. The van der Waals surface area contributed by atoms with E-state index in [-0.39, 0.29) is 0 Å². The lowest BCUT2D eigenvalue weighted by Gasteiger charge is -2.10. The van der Waals surface area contributed by atoms with Crippen molar-refractivity contribution < 1.29 is 0 Å². The van der Waals surface area contributed by atoms with Gasteiger partial charge in [0.25, 0.3) is 0 Å². The highest BCUT2D eigenvalue weighted by atomic mass is 15.0. The molecule has 0 radical (unpaired) electrons. The Bertz CT molecular complexity index is 1850. The summed E-state index contributed by atoms with van der Waals surface area (Å²) in [5.41, 5.74) is 5.28. The summed E-state index contributed by atoms with van der Waals surface area (Å²) >= 11 is 0. The van der Waals surface area contributed by atoms with Crippen molar-refractivity contribution in [1.82, 2.24) is 15.0 Å². The van der Waals surface area contributed by atoms with Gasteiger partial charge >= 0.3 is 0 Å². The highest BCUT2D eigenvalue weighted by molar-refractivity contribution is 5.93. The van der Waals surface area contributed by atoms with Crippen LogP contribution in [0, 0.1) is 0 Å². The molecule has 178 valence electrons. The van der Waals surface area contributed by atoms with E-state index in [1.165, 1.54) is 27.3 Å². The normalized spacial score (nSPS) is 11.2. The Morgan fingerprint density at radius 1 is 0.263 bits per heavy atom. The van der Waals surface area contributed by atoms with Crippen molar-refractivity contribution in [3.05, 3.63) is 140 Å². The molecule has 0 saturated heterocycles. The number of hydrogen-bond acceptors (Lipinski definition) is 3. The first kappa shape index (κ1) is 22.1. The predicted octanol–water partition coefficient (Wildman–Crippen LogP) is 8.85. The standard InChI is InChI=1S/C35H23N3/c1-3-10-26(11-4-1)33-36-34(27-12-5-2-6-13-27)38-35(37-33)31-20-17-25-16-19-30(22-32(25)23-31)29-18-15-24-9-7-8-14-28(24)21-29/h1-23H. The molecule has 0 fully saturated rings. The molecule has 3 nitrogen and oxygen atoms in total. The van der Waals surface area contributed by atoms with Gasteiger partial charge in [0, 0.05) is 16.7 Å². The summed E-state index contributed by atoms with van der Waals surface area (Å²) in [5.74, 6) is 2.00. The third-order valence-corrected chi connectivity index (χ3v) is 6.88. The highest BCUT2D eigenvalue weighted by Gasteiger charge is 2.13. The monoisotopic (exact) mass is 485 g/mol. The maximum atomic E-state index is 4.90. The predicted molar refractivity (Wildman–Crippen MR) is 157 cm³/mol. The minimum Gasteiger partial charge on any atom is -0.208 e. The van der Waals surface area contributed by atoms with E-state index >= 15 is 0 Å². The number of fused-ring (bicyclic) bond motifs is 2. The van der Waals surface area contributed by atoms with Crippen molar-refractivity contribution in [2.24, 2.45) is 0 Å². The topological polar surface area (TPSA) is 38.7 Å². The molecular weight excluding hydrogens is 462 g/mol. The summed E-state index contributed by atoms with van der Waals surface area (Å²) in [6.07, 6.45) is 0. The first-order valence-electron chi connectivity index (χ1n) is 12.7. The molecule has 1 aromatic heterocycles. The molecule has 38 heavy (non-hydrogen) atoms. The first-order valence-corrected chi connectivity index (χ1v) is 12.7. The van der Waals surface area contributed by atoms with Crippen molar-refractivity contribution in [2.45, 2.75) is 0 Å². The summed E-state index contributed by atoms with van der Waals surface area (Å²) < 4.78 is 0. The van der Waals surface area contributed by atoms with Crippen LogP contribution in [0.2, 0.25) is 0 Å². The van der Waals surface area contributed by atoms with E-state index in [1.54, 1.807) is 0 Å². The van der Waals surface area contributed by atoms with E-state index in [9.17, 15) is 0 Å². The van der Waals surface area contributed by atoms with Crippen LogP contribution < -0.4 is 0 Å². The molecule has 7 aromatic rings. The number of aromatic nitrogens is 3. The van der Waals surface area contributed by atoms with Gasteiger partial charge in [-0.15, -0.1) is 0 Å². The fourth-order valence-electron chi connectivity index (χ4n) is 4.87. The van der Waals surface area contributed by atoms with Crippen LogP contribution in [0.3, 0.4) is 0 Å². The molecule has 0 unspecified atom stereocenters. The second kappa shape index (κ2) is 9.38. The molecule has 0 aliphatic rings. The third-order valence-electron chi connectivity index (χ3n) is 6.88. The summed E-state index contributed by atoms with van der Waals surface area (Å²) in [5, 5.41) is 4.82. The van der Waals surface area contributed by atoms with Gasteiger partial charge in [0.1, 0.15) is 0 Å². The van der Waals surface area contributed by atoms with E-state index in [2.05, 4.69) is 78.9 Å². The number of nitrogens with zero attached hydrogens (tertiary/aromatic N) is 3. The van der Waals surface area contributed by atoms with Gasteiger partial charge in [-0.2, -0.15) is 0 Å². The molecule has 6 aromatic carbocycles. The molecule has 3 heteroatoms. The molecule has 0 N–H and O–H groups in total. The van der Waals surface area contributed by atoms with Crippen LogP contribution in [0.5, 0.6) is 0 Å². The first-order chi connectivity index (χ1) is 18.8. The molecule has 7 rings (SSSR count). The molecule has 0 aliphatic carbocycles. The van der Waals surface area contributed by atoms with E-state index < -0.39 is 0 Å². The van der Waals surface area contributed by atoms with Gasteiger partial charge in [-0.3, -0.25) is 0 Å². The van der Waals surface area contributed by atoms with Crippen LogP contribution >= 0.6 is 0 Å². The fraction of sp³-hybridized carbons (Fsp3) is 0.